The van der Waals surface area contributed by atoms with E-state index in [0.717, 1.165) is 0 Å². The Morgan fingerprint density at radius 2 is 1.82 bits per heavy atom. The van der Waals surface area contributed by atoms with E-state index in [0.29, 0.717) is 0 Å². The third-order valence-electron chi connectivity index (χ3n) is 2.03. The van der Waals surface area contributed by atoms with Gasteiger partial charge in [-0.3, -0.25) is 9.59 Å². The fourth-order valence-electron chi connectivity index (χ4n) is 1.14. The number of hydrogen-bond acceptors (Lipinski definition) is 5. The standard InChI is InChI=1S/C10H12N2O5/c11-9(16)7(15)4-12-10(17)8-5(13)2-1-3-6(8)14/h1-3,7,13-15H,4H2,(H2,11,16)(H,12,17). The van der Waals surface area contributed by atoms with Crippen molar-refractivity contribution in [3.8, 4) is 11.5 Å². The van der Waals surface area contributed by atoms with E-state index in [1.54, 1.807) is 0 Å². The summed E-state index contributed by atoms with van der Waals surface area (Å²) in [6.07, 6.45) is -1.52. The van der Waals surface area contributed by atoms with Gasteiger partial charge in [-0.1, -0.05) is 6.07 Å². The van der Waals surface area contributed by atoms with Crippen LogP contribution < -0.4 is 11.1 Å². The molecule has 1 aromatic rings. The number of nitrogens with two attached hydrogens (primary N) is 1. The normalized spacial score (nSPS) is 11.8. The fourth-order valence-corrected chi connectivity index (χ4v) is 1.14. The Morgan fingerprint density at radius 1 is 1.29 bits per heavy atom. The molecule has 0 aliphatic heterocycles. The minimum atomic E-state index is -1.52. The summed E-state index contributed by atoms with van der Waals surface area (Å²) in [7, 11) is 0. The van der Waals surface area contributed by atoms with Crippen molar-refractivity contribution >= 4 is 11.8 Å². The number of aliphatic hydroxyl groups excluding tert-OH is 1. The number of aliphatic hydroxyl groups is 1. The molecule has 7 heteroatoms. The van der Waals surface area contributed by atoms with Crippen molar-refractivity contribution in [3.63, 3.8) is 0 Å². The molecule has 17 heavy (non-hydrogen) atoms. The maximum Gasteiger partial charge on any atom is 0.258 e. The predicted octanol–water partition coefficient (Wildman–Crippen LogP) is -1.33. The predicted molar refractivity (Wildman–Crippen MR) is 57.3 cm³/mol. The van der Waals surface area contributed by atoms with Crippen LogP contribution in [0.25, 0.3) is 0 Å². The molecule has 0 fully saturated rings. The van der Waals surface area contributed by atoms with Crippen molar-refractivity contribution in [3.05, 3.63) is 23.8 Å². The molecule has 0 saturated heterocycles. The topological polar surface area (TPSA) is 133 Å². The van der Waals surface area contributed by atoms with Gasteiger partial charge in [0.25, 0.3) is 5.91 Å². The summed E-state index contributed by atoms with van der Waals surface area (Å²) >= 11 is 0. The summed E-state index contributed by atoms with van der Waals surface area (Å²) in [5.74, 6) is -2.61. The molecular formula is C10H12N2O5. The van der Waals surface area contributed by atoms with E-state index < -0.39 is 36.0 Å². The number of carbonyl (C=O) groups excluding carboxylic acids is 2. The van der Waals surface area contributed by atoms with Gasteiger partial charge in [-0.2, -0.15) is 0 Å². The van der Waals surface area contributed by atoms with Crippen LogP contribution in [0.3, 0.4) is 0 Å². The zero-order valence-electron chi connectivity index (χ0n) is 8.75. The lowest BCUT2D eigenvalue weighted by atomic mass is 10.1. The lowest BCUT2D eigenvalue weighted by molar-refractivity contribution is -0.125. The third-order valence-corrected chi connectivity index (χ3v) is 2.03. The highest BCUT2D eigenvalue weighted by atomic mass is 16.3. The maximum atomic E-state index is 11.5. The van der Waals surface area contributed by atoms with Gasteiger partial charge in [0, 0.05) is 0 Å². The summed E-state index contributed by atoms with van der Waals surface area (Å²) < 4.78 is 0. The Balaban J connectivity index is 2.74. The second-order valence-electron chi connectivity index (χ2n) is 3.30. The number of benzene rings is 1. The SMILES string of the molecule is NC(=O)C(O)CNC(=O)c1c(O)cccc1O. The molecule has 0 heterocycles. The molecule has 1 atom stereocenters. The van der Waals surface area contributed by atoms with E-state index in [1.165, 1.54) is 18.2 Å². The number of nitrogens with one attached hydrogen (secondary N) is 1. The van der Waals surface area contributed by atoms with E-state index in [9.17, 15) is 19.8 Å². The Morgan fingerprint density at radius 3 is 2.29 bits per heavy atom. The average Bonchev–Trinajstić information content (AvgIpc) is 2.25. The number of amides is 2. The van der Waals surface area contributed by atoms with Crippen molar-refractivity contribution in [1.82, 2.24) is 5.32 Å². The number of phenolic OH excluding ortho intramolecular Hbond substituents is 2. The van der Waals surface area contributed by atoms with Crippen molar-refractivity contribution in [1.29, 1.82) is 0 Å². The molecule has 1 rings (SSSR count). The van der Waals surface area contributed by atoms with E-state index in [-0.39, 0.29) is 5.56 Å². The van der Waals surface area contributed by atoms with Crippen LogP contribution in [0, 0.1) is 0 Å². The van der Waals surface area contributed by atoms with E-state index >= 15 is 0 Å². The summed E-state index contributed by atoms with van der Waals surface area (Å²) in [6, 6.07) is 3.80. The molecule has 1 unspecified atom stereocenters. The summed E-state index contributed by atoms with van der Waals surface area (Å²) in [4.78, 5) is 22.0. The minimum Gasteiger partial charge on any atom is -0.507 e. The highest BCUT2D eigenvalue weighted by Gasteiger charge is 2.18. The van der Waals surface area contributed by atoms with Gasteiger partial charge in [0.1, 0.15) is 23.2 Å². The lowest BCUT2D eigenvalue weighted by Crippen LogP contribution is -2.40. The van der Waals surface area contributed by atoms with Gasteiger partial charge < -0.3 is 26.4 Å². The summed E-state index contributed by atoms with van der Waals surface area (Å²) in [5, 5.41) is 29.9. The second-order valence-corrected chi connectivity index (χ2v) is 3.30. The summed E-state index contributed by atoms with van der Waals surface area (Å²) in [5.41, 5.74) is 4.45. The van der Waals surface area contributed by atoms with Gasteiger partial charge in [-0.15, -0.1) is 0 Å². The molecule has 6 N–H and O–H groups in total. The van der Waals surface area contributed by atoms with Crippen LogP contribution in [-0.4, -0.2) is 39.8 Å². The molecule has 2 amide bonds. The molecular weight excluding hydrogens is 228 g/mol. The first-order valence-corrected chi connectivity index (χ1v) is 4.70. The quantitative estimate of drug-likeness (QED) is 0.445. The number of primary amides is 1. The molecule has 0 bridgehead atoms. The summed E-state index contributed by atoms with van der Waals surface area (Å²) in [6.45, 7) is -0.401. The van der Waals surface area contributed by atoms with Crippen LogP contribution >= 0.6 is 0 Å². The minimum absolute atomic E-state index is 0.329. The van der Waals surface area contributed by atoms with Gasteiger partial charge in [0.2, 0.25) is 5.91 Å². The van der Waals surface area contributed by atoms with Gasteiger partial charge in [0.05, 0.1) is 6.54 Å². The van der Waals surface area contributed by atoms with Gasteiger partial charge in [-0.05, 0) is 12.1 Å². The molecule has 7 nitrogen and oxygen atoms in total. The van der Waals surface area contributed by atoms with Crippen LogP contribution in [0.2, 0.25) is 0 Å². The molecule has 0 aliphatic carbocycles. The van der Waals surface area contributed by atoms with Crippen LogP contribution in [0.15, 0.2) is 18.2 Å². The molecule has 0 saturated carbocycles. The van der Waals surface area contributed by atoms with Crippen LogP contribution in [-0.2, 0) is 4.79 Å². The highest BCUT2D eigenvalue weighted by Crippen LogP contribution is 2.25. The Kier molecular flexibility index (Phi) is 3.89. The van der Waals surface area contributed by atoms with Gasteiger partial charge in [0.15, 0.2) is 0 Å². The Bertz CT molecular complexity index is 426. The number of hydrogen-bond donors (Lipinski definition) is 5. The monoisotopic (exact) mass is 240 g/mol. The molecule has 0 aromatic heterocycles. The number of phenols is 2. The van der Waals surface area contributed by atoms with E-state index in [1.807, 2.05) is 0 Å². The van der Waals surface area contributed by atoms with Crippen LogP contribution in [0.1, 0.15) is 10.4 Å². The first-order valence-electron chi connectivity index (χ1n) is 4.70. The number of aromatic hydroxyl groups is 2. The smallest absolute Gasteiger partial charge is 0.258 e. The number of carbonyl (C=O) groups is 2. The highest BCUT2D eigenvalue weighted by molar-refractivity contribution is 5.99. The van der Waals surface area contributed by atoms with Crippen molar-refractivity contribution < 1.29 is 24.9 Å². The zero-order chi connectivity index (χ0) is 13.0. The number of rotatable bonds is 4. The van der Waals surface area contributed by atoms with Crippen molar-refractivity contribution in [2.24, 2.45) is 5.73 Å². The first-order chi connectivity index (χ1) is 7.93. The maximum absolute atomic E-state index is 11.5. The molecule has 92 valence electrons. The van der Waals surface area contributed by atoms with Crippen LogP contribution in [0.4, 0.5) is 0 Å². The Hall–Kier alpha value is -2.28. The second kappa shape index (κ2) is 5.17. The molecule has 0 radical (unpaired) electrons. The fraction of sp³-hybridized carbons (Fsp3) is 0.200. The van der Waals surface area contributed by atoms with Crippen molar-refractivity contribution in [2.75, 3.05) is 6.54 Å². The molecule has 1 aromatic carbocycles. The van der Waals surface area contributed by atoms with Crippen molar-refractivity contribution in [2.45, 2.75) is 6.10 Å². The third kappa shape index (κ3) is 3.08. The molecule has 0 spiro atoms. The van der Waals surface area contributed by atoms with E-state index in [2.05, 4.69) is 5.32 Å². The largest absolute Gasteiger partial charge is 0.507 e. The zero-order valence-corrected chi connectivity index (χ0v) is 8.75. The lowest BCUT2D eigenvalue weighted by Gasteiger charge is -2.10. The van der Waals surface area contributed by atoms with Gasteiger partial charge in [-0.25, -0.2) is 0 Å². The van der Waals surface area contributed by atoms with Gasteiger partial charge >= 0.3 is 0 Å². The molecule has 0 aliphatic rings. The Labute approximate surface area is 96.5 Å². The average molecular weight is 240 g/mol. The van der Waals surface area contributed by atoms with Crippen LogP contribution in [0.5, 0.6) is 11.5 Å². The first kappa shape index (κ1) is 12.8. The van der Waals surface area contributed by atoms with E-state index in [4.69, 9.17) is 10.8 Å².